The van der Waals surface area contributed by atoms with E-state index in [2.05, 4.69) is 20.9 Å². The minimum Gasteiger partial charge on any atom is -0.391 e. The maximum Gasteiger partial charge on any atom is 0.0743 e. The maximum absolute atomic E-state index is 9.47. The highest BCUT2D eigenvalue weighted by atomic mass is 79.9. The van der Waals surface area contributed by atoms with Crippen LogP contribution in [0.1, 0.15) is 12.6 Å². The van der Waals surface area contributed by atoms with Crippen molar-refractivity contribution in [2.24, 2.45) is 5.73 Å². The zero-order valence-electron chi connectivity index (χ0n) is 7.44. The average molecular weight is 245 g/mol. The van der Waals surface area contributed by atoms with Crippen molar-refractivity contribution in [1.29, 1.82) is 0 Å². The molecule has 3 N–H and O–H groups in total. The van der Waals surface area contributed by atoms with E-state index >= 15 is 0 Å². The van der Waals surface area contributed by atoms with Crippen molar-refractivity contribution in [3.8, 4) is 0 Å². The summed E-state index contributed by atoms with van der Waals surface area (Å²) in [6, 6.07) is 3.55. The molecule has 0 aliphatic heterocycles. The Hall–Kier alpha value is -0.450. The molecule has 4 heteroatoms. The lowest BCUT2D eigenvalue weighted by atomic mass is 10.1. The fraction of sp³-hybridized carbons (Fsp3) is 0.444. The van der Waals surface area contributed by atoms with Crippen LogP contribution in [0.2, 0.25) is 0 Å². The Labute approximate surface area is 86.1 Å². The number of pyridine rings is 1. The first-order valence-electron chi connectivity index (χ1n) is 4.13. The number of halogens is 1. The Balaban J connectivity index is 2.59. The third kappa shape index (κ3) is 3.42. The van der Waals surface area contributed by atoms with Gasteiger partial charge in [-0.1, -0.05) is 0 Å². The summed E-state index contributed by atoms with van der Waals surface area (Å²) < 4.78 is 0.937. The first kappa shape index (κ1) is 10.6. The highest BCUT2D eigenvalue weighted by Gasteiger charge is 2.10. The third-order valence-corrected chi connectivity index (χ3v) is 2.28. The van der Waals surface area contributed by atoms with E-state index in [1.165, 1.54) is 0 Å². The maximum atomic E-state index is 9.47. The van der Waals surface area contributed by atoms with Gasteiger partial charge >= 0.3 is 0 Å². The second-order valence-electron chi connectivity index (χ2n) is 3.10. The lowest BCUT2D eigenvalue weighted by molar-refractivity contribution is 0.150. The van der Waals surface area contributed by atoms with Crippen LogP contribution in [0.3, 0.4) is 0 Å². The van der Waals surface area contributed by atoms with Gasteiger partial charge in [0.25, 0.3) is 0 Å². The minimum atomic E-state index is -0.520. The first-order chi connectivity index (χ1) is 6.09. The quantitative estimate of drug-likeness (QED) is 0.838. The summed E-state index contributed by atoms with van der Waals surface area (Å²) in [5.74, 6) is 0. The number of aliphatic hydroxyl groups excluding tert-OH is 1. The van der Waals surface area contributed by atoms with Crippen molar-refractivity contribution in [3.63, 3.8) is 0 Å². The van der Waals surface area contributed by atoms with Crippen molar-refractivity contribution < 1.29 is 5.11 Å². The van der Waals surface area contributed by atoms with Gasteiger partial charge in [-0.2, -0.15) is 0 Å². The molecule has 2 unspecified atom stereocenters. The molecular formula is C9H13BrN2O. The van der Waals surface area contributed by atoms with Crippen LogP contribution >= 0.6 is 15.9 Å². The van der Waals surface area contributed by atoms with Gasteiger partial charge in [0, 0.05) is 28.8 Å². The smallest absolute Gasteiger partial charge is 0.0743 e. The minimum absolute atomic E-state index is 0.217. The lowest BCUT2D eigenvalue weighted by Crippen LogP contribution is -2.33. The predicted octanol–water partition coefficient (Wildman–Crippen LogP) is 1.09. The third-order valence-electron chi connectivity index (χ3n) is 1.81. The number of rotatable bonds is 3. The van der Waals surface area contributed by atoms with Crippen LogP contribution in [0, 0.1) is 0 Å². The highest BCUT2D eigenvalue weighted by molar-refractivity contribution is 9.10. The van der Waals surface area contributed by atoms with Gasteiger partial charge in [0.15, 0.2) is 0 Å². The standard InChI is InChI=1S/C9H13BrN2O/c1-6(11)9(13)4-8-3-2-7(10)5-12-8/h2-3,5-6,9,13H,4,11H2,1H3. The first-order valence-corrected chi connectivity index (χ1v) is 4.93. The fourth-order valence-electron chi connectivity index (χ4n) is 0.927. The zero-order valence-corrected chi connectivity index (χ0v) is 9.03. The molecule has 0 bridgehead atoms. The number of aromatic nitrogens is 1. The predicted molar refractivity (Wildman–Crippen MR) is 55.3 cm³/mol. The molecule has 1 aromatic rings. The van der Waals surface area contributed by atoms with Crippen LogP contribution in [0.4, 0.5) is 0 Å². The molecule has 3 nitrogen and oxygen atoms in total. The van der Waals surface area contributed by atoms with E-state index in [1.807, 2.05) is 12.1 Å². The van der Waals surface area contributed by atoms with Gasteiger partial charge in [-0.05, 0) is 35.0 Å². The molecule has 0 radical (unpaired) electrons. The van der Waals surface area contributed by atoms with Crippen LogP contribution < -0.4 is 5.73 Å². The van der Waals surface area contributed by atoms with Crippen molar-refractivity contribution in [2.75, 3.05) is 0 Å². The monoisotopic (exact) mass is 244 g/mol. The molecule has 1 aromatic heterocycles. The Morgan fingerprint density at radius 3 is 2.77 bits per heavy atom. The molecule has 0 aliphatic rings. The van der Waals surface area contributed by atoms with E-state index in [0.29, 0.717) is 6.42 Å². The molecule has 13 heavy (non-hydrogen) atoms. The van der Waals surface area contributed by atoms with Crippen molar-refractivity contribution in [2.45, 2.75) is 25.5 Å². The largest absolute Gasteiger partial charge is 0.391 e. The number of hydrogen-bond donors (Lipinski definition) is 2. The fourth-order valence-corrected chi connectivity index (χ4v) is 1.16. The molecule has 0 fully saturated rings. The molecule has 0 spiro atoms. The molecule has 0 aliphatic carbocycles. The molecule has 1 heterocycles. The molecule has 0 aromatic carbocycles. The Kier molecular flexibility index (Phi) is 3.84. The summed E-state index contributed by atoms with van der Waals surface area (Å²) in [7, 11) is 0. The van der Waals surface area contributed by atoms with Crippen molar-refractivity contribution in [1.82, 2.24) is 4.98 Å². The summed E-state index contributed by atoms with van der Waals surface area (Å²) >= 11 is 3.29. The van der Waals surface area contributed by atoms with E-state index in [1.54, 1.807) is 13.1 Å². The number of hydrogen-bond acceptors (Lipinski definition) is 3. The van der Waals surface area contributed by atoms with Crippen LogP contribution in [0.25, 0.3) is 0 Å². The van der Waals surface area contributed by atoms with E-state index in [4.69, 9.17) is 5.73 Å². The van der Waals surface area contributed by atoms with E-state index < -0.39 is 6.10 Å². The Bertz CT molecular complexity index is 261. The van der Waals surface area contributed by atoms with Crippen LogP contribution in [0.15, 0.2) is 22.8 Å². The van der Waals surface area contributed by atoms with Crippen LogP contribution in [0.5, 0.6) is 0 Å². The molecule has 1 rings (SSSR count). The Morgan fingerprint density at radius 1 is 1.62 bits per heavy atom. The topological polar surface area (TPSA) is 59.1 Å². The molecule has 72 valence electrons. The number of nitrogens with zero attached hydrogens (tertiary/aromatic N) is 1. The normalized spacial score (nSPS) is 15.4. The second kappa shape index (κ2) is 4.69. The van der Waals surface area contributed by atoms with Crippen molar-refractivity contribution in [3.05, 3.63) is 28.5 Å². The van der Waals surface area contributed by atoms with Gasteiger partial charge in [0.05, 0.1) is 6.10 Å². The summed E-state index contributed by atoms with van der Waals surface area (Å²) in [6.07, 6.45) is 1.70. The van der Waals surface area contributed by atoms with E-state index in [9.17, 15) is 5.11 Å². The second-order valence-corrected chi connectivity index (χ2v) is 4.01. The SMILES string of the molecule is CC(N)C(O)Cc1ccc(Br)cn1. The number of aliphatic hydroxyl groups is 1. The van der Waals surface area contributed by atoms with Gasteiger partial charge in [-0.25, -0.2) is 0 Å². The van der Waals surface area contributed by atoms with Gasteiger partial charge in [-0.15, -0.1) is 0 Å². The number of nitrogens with two attached hydrogens (primary N) is 1. The average Bonchev–Trinajstić information content (AvgIpc) is 2.08. The van der Waals surface area contributed by atoms with Gasteiger partial charge < -0.3 is 10.8 Å². The van der Waals surface area contributed by atoms with Gasteiger partial charge in [0.2, 0.25) is 0 Å². The highest BCUT2D eigenvalue weighted by Crippen LogP contribution is 2.09. The van der Waals surface area contributed by atoms with Crippen molar-refractivity contribution >= 4 is 15.9 Å². The van der Waals surface area contributed by atoms with Gasteiger partial charge in [0.1, 0.15) is 0 Å². The summed E-state index contributed by atoms with van der Waals surface area (Å²) in [4.78, 5) is 4.14. The van der Waals surface area contributed by atoms with Crippen LogP contribution in [-0.2, 0) is 6.42 Å². The van der Waals surface area contributed by atoms with E-state index in [0.717, 1.165) is 10.2 Å². The molecule has 0 amide bonds. The summed E-state index contributed by atoms with van der Waals surface area (Å²) in [5.41, 5.74) is 6.38. The summed E-state index contributed by atoms with van der Waals surface area (Å²) in [6.45, 7) is 1.78. The Morgan fingerprint density at radius 2 is 2.31 bits per heavy atom. The zero-order chi connectivity index (χ0) is 9.84. The molecular weight excluding hydrogens is 232 g/mol. The summed E-state index contributed by atoms with van der Waals surface area (Å²) in [5, 5.41) is 9.47. The van der Waals surface area contributed by atoms with Gasteiger partial charge in [-0.3, -0.25) is 4.98 Å². The molecule has 2 atom stereocenters. The van der Waals surface area contributed by atoms with E-state index in [-0.39, 0.29) is 6.04 Å². The lowest BCUT2D eigenvalue weighted by Gasteiger charge is -2.13. The van der Waals surface area contributed by atoms with Crippen LogP contribution in [-0.4, -0.2) is 22.2 Å². The molecule has 0 saturated carbocycles. The molecule has 0 saturated heterocycles.